The Morgan fingerprint density at radius 3 is 2.37 bits per heavy atom. The first-order valence-electron chi connectivity index (χ1n) is 9.50. The molecule has 1 aromatic rings. The van der Waals surface area contributed by atoms with Gasteiger partial charge in [0, 0.05) is 19.3 Å². The molecule has 2 heterocycles. The zero-order valence-electron chi connectivity index (χ0n) is 16.2. The van der Waals surface area contributed by atoms with Crippen molar-refractivity contribution in [2.75, 3.05) is 32.4 Å². The molecule has 7 heteroatoms. The van der Waals surface area contributed by atoms with E-state index < -0.39 is 14.6 Å². The van der Waals surface area contributed by atoms with Crippen molar-refractivity contribution in [3.8, 4) is 0 Å². The van der Waals surface area contributed by atoms with Gasteiger partial charge in [-0.2, -0.15) is 0 Å². The van der Waals surface area contributed by atoms with Crippen molar-refractivity contribution in [3.05, 3.63) is 35.9 Å². The van der Waals surface area contributed by atoms with E-state index in [0.717, 1.165) is 19.3 Å². The van der Waals surface area contributed by atoms with E-state index >= 15 is 0 Å². The molecular formula is C20H31ClN2O3S. The molecule has 2 fully saturated rings. The number of nitrogens with one attached hydrogen (secondary N) is 1. The summed E-state index contributed by atoms with van der Waals surface area (Å²) in [5.74, 6) is -0.176. The predicted octanol–water partition coefficient (Wildman–Crippen LogP) is 2.45. The number of aryl methyl sites for hydroxylation is 1. The molecule has 1 unspecified atom stereocenters. The Kier molecular flexibility index (Phi) is 6.98. The second-order valence-corrected chi connectivity index (χ2v) is 10.6. The van der Waals surface area contributed by atoms with Gasteiger partial charge < -0.3 is 10.2 Å². The van der Waals surface area contributed by atoms with Gasteiger partial charge in [-0.1, -0.05) is 37.3 Å². The third kappa shape index (κ3) is 4.66. The standard InChI is InChI=1S/C20H30N2O3S.ClH/c1-19(9-8-17-6-4-3-5-7-17)12-15-22(16-19)18(23)20(26(2,24)25)10-13-21-14-11-20;/h3-7,21H,8-16H2,1-2H3;1H. The quantitative estimate of drug-likeness (QED) is 0.803. The Labute approximate surface area is 169 Å². The highest BCUT2D eigenvalue weighted by molar-refractivity contribution is 7.92. The Bertz CT molecular complexity index is 748. The summed E-state index contributed by atoms with van der Waals surface area (Å²) in [5.41, 5.74) is 1.36. The number of halogens is 1. The van der Waals surface area contributed by atoms with Crippen LogP contribution in [0.5, 0.6) is 0 Å². The number of carbonyl (C=O) groups excluding carboxylic acids is 1. The number of piperidine rings is 1. The van der Waals surface area contributed by atoms with E-state index in [-0.39, 0.29) is 23.7 Å². The fraction of sp³-hybridized carbons (Fsp3) is 0.650. The number of hydrogen-bond donors (Lipinski definition) is 1. The van der Waals surface area contributed by atoms with Crippen molar-refractivity contribution in [3.63, 3.8) is 0 Å². The van der Waals surface area contributed by atoms with E-state index in [0.29, 0.717) is 39.0 Å². The summed E-state index contributed by atoms with van der Waals surface area (Å²) in [6.07, 6.45) is 4.91. The van der Waals surface area contributed by atoms with Crippen LogP contribution in [-0.2, 0) is 21.1 Å². The molecule has 5 nitrogen and oxygen atoms in total. The van der Waals surface area contributed by atoms with Crippen LogP contribution in [0.25, 0.3) is 0 Å². The predicted molar refractivity (Wildman–Crippen MR) is 111 cm³/mol. The summed E-state index contributed by atoms with van der Waals surface area (Å²) >= 11 is 0. The van der Waals surface area contributed by atoms with Gasteiger partial charge in [0.15, 0.2) is 14.6 Å². The summed E-state index contributed by atoms with van der Waals surface area (Å²) in [7, 11) is -3.45. The second kappa shape index (κ2) is 8.50. The molecule has 0 saturated carbocycles. The van der Waals surface area contributed by atoms with Crippen molar-refractivity contribution in [1.82, 2.24) is 10.2 Å². The number of carbonyl (C=O) groups is 1. The number of benzene rings is 1. The summed E-state index contributed by atoms with van der Waals surface area (Å²) in [5, 5.41) is 3.18. The Hall–Kier alpha value is -1.11. The number of nitrogens with zero attached hydrogens (tertiary/aromatic N) is 1. The average molecular weight is 415 g/mol. The van der Waals surface area contributed by atoms with Crippen LogP contribution in [-0.4, -0.2) is 56.4 Å². The maximum atomic E-state index is 13.3. The highest BCUT2D eigenvalue weighted by atomic mass is 35.5. The highest BCUT2D eigenvalue weighted by Crippen LogP contribution is 2.38. The van der Waals surface area contributed by atoms with E-state index in [2.05, 4.69) is 36.5 Å². The Morgan fingerprint density at radius 1 is 1.15 bits per heavy atom. The maximum absolute atomic E-state index is 13.3. The summed E-state index contributed by atoms with van der Waals surface area (Å²) in [4.78, 5) is 15.1. The zero-order chi connectivity index (χ0) is 18.8. The number of rotatable bonds is 5. The molecule has 1 atom stereocenters. The molecule has 0 bridgehead atoms. The van der Waals surface area contributed by atoms with E-state index in [9.17, 15) is 13.2 Å². The van der Waals surface area contributed by atoms with Gasteiger partial charge in [0.05, 0.1) is 0 Å². The number of likely N-dealkylation sites (tertiary alicyclic amines) is 1. The molecular weight excluding hydrogens is 384 g/mol. The number of hydrogen-bond acceptors (Lipinski definition) is 4. The minimum Gasteiger partial charge on any atom is -0.341 e. The molecule has 0 radical (unpaired) electrons. The van der Waals surface area contributed by atoms with E-state index in [4.69, 9.17) is 0 Å². The molecule has 3 rings (SSSR count). The Morgan fingerprint density at radius 2 is 1.78 bits per heavy atom. The normalized spacial score (nSPS) is 25.0. The van der Waals surface area contributed by atoms with Gasteiger partial charge in [0.25, 0.3) is 0 Å². The molecule has 152 valence electrons. The van der Waals surface area contributed by atoms with Gasteiger partial charge in [0.1, 0.15) is 0 Å². The smallest absolute Gasteiger partial charge is 0.244 e. The van der Waals surface area contributed by atoms with Crippen molar-refractivity contribution >= 4 is 28.2 Å². The lowest BCUT2D eigenvalue weighted by Crippen LogP contribution is -2.58. The van der Waals surface area contributed by atoms with Crippen LogP contribution in [0, 0.1) is 5.41 Å². The van der Waals surface area contributed by atoms with Gasteiger partial charge in [-0.3, -0.25) is 4.79 Å². The first kappa shape index (κ1) is 22.2. The summed E-state index contributed by atoms with van der Waals surface area (Å²) in [6.45, 7) is 4.70. The SMILES string of the molecule is CC1(CCc2ccccc2)CCN(C(=O)C2(S(C)(=O)=O)CCNCC2)C1.Cl. The minimum atomic E-state index is -3.45. The molecule has 1 aromatic carbocycles. The van der Waals surface area contributed by atoms with Crippen LogP contribution < -0.4 is 5.32 Å². The van der Waals surface area contributed by atoms with Crippen molar-refractivity contribution in [2.24, 2.45) is 5.41 Å². The van der Waals surface area contributed by atoms with E-state index in [1.54, 1.807) is 0 Å². The highest BCUT2D eigenvalue weighted by Gasteiger charge is 2.52. The molecule has 2 aliphatic heterocycles. The maximum Gasteiger partial charge on any atom is 0.244 e. The Balaban J connectivity index is 0.00000261. The molecule has 0 aliphatic carbocycles. The van der Waals surface area contributed by atoms with Crippen LogP contribution in [0.2, 0.25) is 0 Å². The number of sulfone groups is 1. The van der Waals surface area contributed by atoms with Gasteiger partial charge in [0.2, 0.25) is 5.91 Å². The summed E-state index contributed by atoms with van der Waals surface area (Å²) in [6, 6.07) is 10.4. The van der Waals surface area contributed by atoms with Crippen molar-refractivity contribution in [2.45, 2.75) is 43.8 Å². The fourth-order valence-electron chi connectivity index (χ4n) is 4.35. The van der Waals surface area contributed by atoms with Gasteiger partial charge in [-0.15, -0.1) is 12.4 Å². The summed E-state index contributed by atoms with van der Waals surface area (Å²) < 4.78 is 23.8. The van der Waals surface area contributed by atoms with Crippen molar-refractivity contribution < 1.29 is 13.2 Å². The van der Waals surface area contributed by atoms with E-state index in [1.807, 2.05) is 11.0 Å². The van der Waals surface area contributed by atoms with Gasteiger partial charge in [-0.05, 0) is 56.2 Å². The first-order valence-corrected chi connectivity index (χ1v) is 11.4. The largest absolute Gasteiger partial charge is 0.341 e. The topological polar surface area (TPSA) is 66.5 Å². The third-order valence-corrected chi connectivity index (χ3v) is 8.22. The van der Waals surface area contributed by atoms with Crippen LogP contribution >= 0.6 is 12.4 Å². The molecule has 27 heavy (non-hydrogen) atoms. The lowest BCUT2D eigenvalue weighted by atomic mass is 9.83. The molecule has 0 aromatic heterocycles. The number of amides is 1. The molecule has 2 saturated heterocycles. The lowest BCUT2D eigenvalue weighted by molar-refractivity contribution is -0.134. The van der Waals surface area contributed by atoms with Gasteiger partial charge in [-0.25, -0.2) is 8.42 Å². The fourth-order valence-corrected chi connectivity index (χ4v) is 5.75. The van der Waals surface area contributed by atoms with Crippen LogP contribution in [0.3, 0.4) is 0 Å². The van der Waals surface area contributed by atoms with Crippen LogP contribution in [0.1, 0.15) is 38.2 Å². The second-order valence-electron chi connectivity index (χ2n) is 8.29. The average Bonchev–Trinajstić information content (AvgIpc) is 3.02. The minimum absolute atomic E-state index is 0. The van der Waals surface area contributed by atoms with Gasteiger partial charge >= 0.3 is 0 Å². The van der Waals surface area contributed by atoms with E-state index in [1.165, 1.54) is 11.8 Å². The monoisotopic (exact) mass is 414 g/mol. The molecule has 2 aliphatic rings. The molecule has 1 N–H and O–H groups in total. The first-order chi connectivity index (χ1) is 12.3. The zero-order valence-corrected chi connectivity index (χ0v) is 17.9. The van der Waals surface area contributed by atoms with Crippen molar-refractivity contribution in [1.29, 1.82) is 0 Å². The van der Waals surface area contributed by atoms with Crippen LogP contribution in [0.15, 0.2) is 30.3 Å². The molecule has 0 spiro atoms. The van der Waals surface area contributed by atoms with Crippen LogP contribution in [0.4, 0.5) is 0 Å². The molecule has 1 amide bonds. The lowest BCUT2D eigenvalue weighted by Gasteiger charge is -2.37. The third-order valence-electron chi connectivity index (χ3n) is 6.22.